The third-order valence-electron chi connectivity index (χ3n) is 2.70. The molecule has 0 aromatic heterocycles. The smallest absolute Gasteiger partial charge is 0.307 e. The lowest BCUT2D eigenvalue weighted by molar-refractivity contribution is -0.137. The van der Waals surface area contributed by atoms with Gasteiger partial charge in [-0.15, -0.1) is 0 Å². The van der Waals surface area contributed by atoms with Crippen molar-refractivity contribution in [1.82, 2.24) is 0 Å². The Hall–Kier alpha value is -2.14. The first-order valence-electron chi connectivity index (χ1n) is 5.48. The van der Waals surface area contributed by atoms with Crippen molar-refractivity contribution in [2.75, 3.05) is 5.32 Å². The number of carbonyl (C=O) groups excluding carboxylic acids is 2. The number of ether oxygens (including phenoxy) is 1. The van der Waals surface area contributed by atoms with Crippen molar-refractivity contribution in [2.45, 2.75) is 20.0 Å². The van der Waals surface area contributed by atoms with Gasteiger partial charge < -0.3 is 15.2 Å². The summed E-state index contributed by atoms with van der Waals surface area (Å²) in [5.41, 5.74) is 1.21. The normalized spacial score (nSPS) is 20.8. The molecule has 1 atom stereocenters. The van der Waals surface area contributed by atoms with Gasteiger partial charge in [0.1, 0.15) is 11.9 Å². The van der Waals surface area contributed by atoms with Gasteiger partial charge in [-0.25, -0.2) is 0 Å². The van der Waals surface area contributed by atoms with Crippen LogP contribution in [0.2, 0.25) is 0 Å². The summed E-state index contributed by atoms with van der Waals surface area (Å²) in [5, 5.41) is 12.8. The van der Waals surface area contributed by atoms with Crippen LogP contribution in [0.1, 0.15) is 25.5 Å². The molecule has 0 saturated carbocycles. The van der Waals surface area contributed by atoms with Crippen LogP contribution in [0, 0.1) is 0 Å². The van der Waals surface area contributed by atoms with E-state index in [0.29, 0.717) is 11.3 Å². The van der Waals surface area contributed by atoms with Gasteiger partial charge in [-0.05, 0) is 13.0 Å². The average Bonchev–Trinajstić information content (AvgIpc) is 2.27. The Kier molecular flexibility index (Phi) is 3.16. The third-order valence-corrected chi connectivity index (χ3v) is 2.70. The number of carbonyl (C=O) groups is 2. The Labute approximate surface area is 104 Å². The van der Waals surface area contributed by atoms with Crippen molar-refractivity contribution in [3.05, 3.63) is 41.2 Å². The van der Waals surface area contributed by atoms with E-state index in [0.717, 1.165) is 0 Å². The van der Waals surface area contributed by atoms with Crippen LogP contribution in [-0.4, -0.2) is 17.0 Å². The highest BCUT2D eigenvalue weighted by Crippen LogP contribution is 2.35. The first-order valence-corrected chi connectivity index (χ1v) is 5.48. The Balaban J connectivity index is 2.47. The molecule has 1 aliphatic rings. The monoisotopic (exact) mass is 247 g/mol. The first-order chi connectivity index (χ1) is 8.50. The summed E-state index contributed by atoms with van der Waals surface area (Å²) < 4.78 is 4.87. The lowest BCUT2D eigenvalue weighted by Crippen LogP contribution is -2.27. The van der Waals surface area contributed by atoms with E-state index in [4.69, 9.17) is 4.74 Å². The summed E-state index contributed by atoms with van der Waals surface area (Å²) in [6, 6.07) is 6.94. The van der Waals surface area contributed by atoms with Gasteiger partial charge in [-0.1, -0.05) is 18.2 Å². The van der Waals surface area contributed by atoms with Crippen LogP contribution in [0.25, 0.3) is 0 Å². The molecular weight excluding hydrogens is 234 g/mol. The number of amides is 1. The molecule has 1 aromatic carbocycles. The van der Waals surface area contributed by atoms with Crippen LogP contribution in [0.5, 0.6) is 0 Å². The van der Waals surface area contributed by atoms with E-state index >= 15 is 0 Å². The number of nitrogens with one attached hydrogen (secondary N) is 1. The number of aliphatic hydroxyl groups is 1. The zero-order valence-corrected chi connectivity index (χ0v) is 10.1. The minimum atomic E-state index is -1.09. The van der Waals surface area contributed by atoms with Gasteiger partial charge in [0.25, 0.3) is 5.91 Å². The van der Waals surface area contributed by atoms with Gasteiger partial charge >= 0.3 is 5.97 Å². The number of benzene rings is 1. The molecule has 0 saturated heterocycles. The molecule has 1 aromatic rings. The minimum Gasteiger partial charge on any atom is -0.431 e. The molecule has 5 nitrogen and oxygen atoms in total. The lowest BCUT2D eigenvalue weighted by atomic mass is 9.94. The molecule has 1 heterocycles. The predicted molar refractivity (Wildman–Crippen MR) is 64.5 cm³/mol. The maximum Gasteiger partial charge on any atom is 0.307 e. The lowest BCUT2D eigenvalue weighted by Gasteiger charge is -2.25. The van der Waals surface area contributed by atoms with E-state index in [2.05, 4.69) is 5.32 Å². The van der Waals surface area contributed by atoms with Crippen molar-refractivity contribution < 1.29 is 19.4 Å². The van der Waals surface area contributed by atoms with Crippen LogP contribution in [0.15, 0.2) is 35.6 Å². The second-order valence-electron chi connectivity index (χ2n) is 4.01. The molecule has 0 radical (unpaired) electrons. The Morgan fingerprint density at radius 1 is 1.33 bits per heavy atom. The largest absolute Gasteiger partial charge is 0.431 e. The maximum atomic E-state index is 11.9. The number of para-hydroxylation sites is 1. The molecular formula is C13H13NO4. The van der Waals surface area contributed by atoms with Crippen LogP contribution < -0.4 is 5.32 Å². The quantitative estimate of drug-likeness (QED) is 0.448. The van der Waals surface area contributed by atoms with Crippen molar-refractivity contribution in [1.29, 1.82) is 0 Å². The van der Waals surface area contributed by atoms with Crippen LogP contribution in [0.3, 0.4) is 0 Å². The van der Waals surface area contributed by atoms with E-state index in [1.165, 1.54) is 13.8 Å². The standard InChI is InChI=1S/C13H13NO4/c1-7(18-8(2)15)11-12(16)9-5-3-4-6-10(9)14-13(11)17/h3-6,12,16H,1-2H3,(H,14,17)/b11-7-. The highest BCUT2D eigenvalue weighted by atomic mass is 16.5. The van der Waals surface area contributed by atoms with Gasteiger partial charge in [-0.2, -0.15) is 0 Å². The number of aliphatic hydroxyl groups excluding tert-OH is 1. The summed E-state index contributed by atoms with van der Waals surface area (Å²) in [5.74, 6) is -0.874. The summed E-state index contributed by atoms with van der Waals surface area (Å²) >= 11 is 0. The fraction of sp³-hybridized carbons (Fsp3) is 0.231. The highest BCUT2D eigenvalue weighted by Gasteiger charge is 2.31. The zero-order chi connectivity index (χ0) is 13.3. The predicted octanol–water partition coefficient (Wildman–Crippen LogP) is 1.51. The molecule has 0 spiro atoms. The number of rotatable bonds is 1. The highest BCUT2D eigenvalue weighted by molar-refractivity contribution is 6.07. The second kappa shape index (κ2) is 4.62. The summed E-state index contributed by atoms with van der Waals surface area (Å²) in [6.07, 6.45) is -1.09. The maximum absolute atomic E-state index is 11.9. The number of anilines is 1. The van der Waals surface area contributed by atoms with Crippen LogP contribution in [-0.2, 0) is 14.3 Å². The van der Waals surface area contributed by atoms with Gasteiger partial charge in [0.2, 0.25) is 0 Å². The van der Waals surface area contributed by atoms with E-state index in [1.807, 2.05) is 0 Å². The fourth-order valence-electron chi connectivity index (χ4n) is 1.94. The molecule has 1 aliphatic heterocycles. The molecule has 0 fully saturated rings. The molecule has 2 N–H and O–H groups in total. The molecule has 1 amide bonds. The van der Waals surface area contributed by atoms with Crippen LogP contribution in [0.4, 0.5) is 5.69 Å². The van der Waals surface area contributed by atoms with Crippen molar-refractivity contribution in [3.63, 3.8) is 0 Å². The van der Waals surface area contributed by atoms with Gasteiger partial charge in [0.05, 0.1) is 5.57 Å². The number of allylic oxidation sites excluding steroid dienone is 1. The van der Waals surface area contributed by atoms with Gasteiger partial charge in [-0.3, -0.25) is 9.59 Å². The van der Waals surface area contributed by atoms with Crippen LogP contribution >= 0.6 is 0 Å². The molecule has 94 valence electrons. The Morgan fingerprint density at radius 3 is 2.67 bits per heavy atom. The number of hydrogen-bond acceptors (Lipinski definition) is 4. The number of fused-ring (bicyclic) bond motifs is 1. The Bertz CT molecular complexity index is 548. The Morgan fingerprint density at radius 2 is 2.00 bits per heavy atom. The molecule has 0 aliphatic carbocycles. The van der Waals surface area contributed by atoms with E-state index in [9.17, 15) is 14.7 Å². The van der Waals surface area contributed by atoms with Gasteiger partial charge in [0, 0.05) is 18.2 Å². The minimum absolute atomic E-state index is 0.0592. The van der Waals surface area contributed by atoms with E-state index in [-0.39, 0.29) is 11.3 Å². The molecule has 18 heavy (non-hydrogen) atoms. The number of hydrogen-bond donors (Lipinski definition) is 2. The second-order valence-corrected chi connectivity index (χ2v) is 4.01. The van der Waals surface area contributed by atoms with E-state index in [1.54, 1.807) is 24.3 Å². The average molecular weight is 247 g/mol. The van der Waals surface area contributed by atoms with Crippen molar-refractivity contribution in [3.8, 4) is 0 Å². The van der Waals surface area contributed by atoms with Crippen molar-refractivity contribution in [2.24, 2.45) is 0 Å². The summed E-state index contributed by atoms with van der Waals surface area (Å²) in [4.78, 5) is 22.8. The molecule has 1 unspecified atom stereocenters. The molecule has 5 heteroatoms. The first kappa shape index (κ1) is 12.3. The number of esters is 1. The fourth-order valence-corrected chi connectivity index (χ4v) is 1.94. The van der Waals surface area contributed by atoms with E-state index < -0.39 is 18.0 Å². The zero-order valence-electron chi connectivity index (χ0n) is 10.1. The molecule has 2 rings (SSSR count). The van der Waals surface area contributed by atoms with Crippen molar-refractivity contribution >= 4 is 17.6 Å². The third kappa shape index (κ3) is 2.12. The summed E-state index contributed by atoms with van der Waals surface area (Å²) in [6.45, 7) is 2.72. The topological polar surface area (TPSA) is 75.6 Å². The summed E-state index contributed by atoms with van der Waals surface area (Å²) in [7, 11) is 0. The molecule has 0 bridgehead atoms. The van der Waals surface area contributed by atoms with Gasteiger partial charge in [0.15, 0.2) is 0 Å². The SMILES string of the molecule is CC(=O)O/C(C)=C1\C(=O)Nc2ccccc2C1O.